The van der Waals surface area contributed by atoms with E-state index in [9.17, 15) is 8.42 Å². The van der Waals surface area contributed by atoms with Gasteiger partial charge in [0.1, 0.15) is 0 Å². The Kier molecular flexibility index (Phi) is 6.80. The fourth-order valence-electron chi connectivity index (χ4n) is 3.24. The second-order valence-corrected chi connectivity index (χ2v) is 9.02. The van der Waals surface area contributed by atoms with Crippen LogP contribution in [-0.4, -0.2) is 46.8 Å². The van der Waals surface area contributed by atoms with Gasteiger partial charge in [-0.3, -0.25) is 9.30 Å². The van der Waals surface area contributed by atoms with Crippen LogP contribution < -0.4 is 14.9 Å². The van der Waals surface area contributed by atoms with Gasteiger partial charge in [0, 0.05) is 31.7 Å². The normalized spacial score (nSPS) is 14.1. The Morgan fingerprint density at radius 3 is 2.71 bits per heavy atom. The molecule has 0 saturated heterocycles. The molecule has 2 aromatic rings. The molecule has 3 rings (SSSR count). The monoisotopic (exact) mass is 420 g/mol. The first-order chi connectivity index (χ1) is 13.5. The van der Waals surface area contributed by atoms with Crippen molar-refractivity contribution in [3.63, 3.8) is 0 Å². The largest absolute Gasteiger partial charge is 0.356 e. The van der Waals surface area contributed by atoms with Gasteiger partial charge in [0.05, 0.1) is 11.4 Å². The molecule has 6 nitrogen and oxygen atoms in total. The third kappa shape index (κ3) is 5.17. The van der Waals surface area contributed by atoms with Crippen molar-refractivity contribution in [1.82, 2.24) is 10.6 Å². The maximum atomic E-state index is 12.7. The first-order valence-corrected chi connectivity index (χ1v) is 11.3. The molecule has 28 heavy (non-hydrogen) atoms. The summed E-state index contributed by atoms with van der Waals surface area (Å²) in [6, 6.07) is 15.4. The molecule has 1 heterocycles. The van der Waals surface area contributed by atoms with Crippen LogP contribution in [0.2, 0.25) is 5.02 Å². The summed E-state index contributed by atoms with van der Waals surface area (Å²) < 4.78 is 26.9. The van der Waals surface area contributed by atoms with Crippen LogP contribution in [0.4, 0.5) is 5.69 Å². The maximum Gasteiger partial charge on any atom is 0.236 e. The van der Waals surface area contributed by atoms with Gasteiger partial charge in [-0.2, -0.15) is 0 Å². The minimum atomic E-state index is -3.37. The van der Waals surface area contributed by atoms with Crippen LogP contribution >= 0.6 is 11.6 Å². The molecule has 0 unspecified atom stereocenters. The lowest BCUT2D eigenvalue weighted by Gasteiger charge is -2.20. The smallest absolute Gasteiger partial charge is 0.236 e. The van der Waals surface area contributed by atoms with Crippen molar-refractivity contribution in [3.8, 4) is 0 Å². The highest BCUT2D eigenvalue weighted by Gasteiger charge is 2.28. The predicted molar refractivity (Wildman–Crippen MR) is 116 cm³/mol. The molecule has 1 aliphatic heterocycles. The van der Waals surface area contributed by atoms with Gasteiger partial charge in [-0.1, -0.05) is 41.9 Å². The van der Waals surface area contributed by atoms with Gasteiger partial charge in [0.15, 0.2) is 5.96 Å². The molecule has 0 saturated carbocycles. The number of hydrogen-bond acceptors (Lipinski definition) is 3. The van der Waals surface area contributed by atoms with Crippen LogP contribution in [0.3, 0.4) is 0 Å². The Labute approximate surface area is 171 Å². The lowest BCUT2D eigenvalue weighted by Crippen LogP contribution is -2.42. The number of hydrogen-bond donors (Lipinski definition) is 2. The SMILES string of the molecule is CN=C(NCCc1cccc(Cl)c1)NCCS(=O)(=O)N1CCc2ccccc21. The zero-order valence-corrected chi connectivity index (χ0v) is 17.4. The number of nitrogens with one attached hydrogen (secondary N) is 2. The summed E-state index contributed by atoms with van der Waals surface area (Å²) >= 11 is 5.99. The molecular weight excluding hydrogens is 396 g/mol. The number of rotatable bonds is 7. The molecule has 0 amide bonds. The molecule has 0 aliphatic carbocycles. The van der Waals surface area contributed by atoms with Crippen LogP contribution in [0.25, 0.3) is 0 Å². The van der Waals surface area contributed by atoms with Crippen molar-refractivity contribution in [3.05, 3.63) is 64.7 Å². The van der Waals surface area contributed by atoms with E-state index < -0.39 is 10.0 Å². The summed E-state index contributed by atoms with van der Waals surface area (Å²) in [5, 5.41) is 6.99. The lowest BCUT2D eigenvalue weighted by atomic mass is 10.1. The van der Waals surface area contributed by atoms with Gasteiger partial charge in [-0.15, -0.1) is 0 Å². The number of anilines is 1. The summed E-state index contributed by atoms with van der Waals surface area (Å²) in [6.45, 7) is 1.47. The number of benzene rings is 2. The standard InChI is InChI=1S/C20H25ClN4O2S/c1-22-20(23-11-9-16-5-4-7-18(21)15-16)24-12-14-28(26,27)25-13-10-17-6-2-3-8-19(17)25/h2-8,15H,9-14H2,1H3,(H2,22,23,24). The third-order valence-corrected chi connectivity index (χ3v) is 6.66. The topological polar surface area (TPSA) is 73.8 Å². The molecule has 150 valence electrons. The van der Waals surface area contributed by atoms with E-state index in [1.807, 2.05) is 48.5 Å². The van der Waals surface area contributed by atoms with Gasteiger partial charge < -0.3 is 10.6 Å². The van der Waals surface area contributed by atoms with Crippen molar-refractivity contribution in [2.24, 2.45) is 4.99 Å². The molecule has 0 fully saturated rings. The number of aliphatic imine (C=N–C) groups is 1. The number of guanidine groups is 1. The van der Waals surface area contributed by atoms with Crippen molar-refractivity contribution < 1.29 is 8.42 Å². The zero-order chi connectivity index (χ0) is 20.0. The first-order valence-electron chi connectivity index (χ1n) is 9.27. The summed E-state index contributed by atoms with van der Waals surface area (Å²) in [4.78, 5) is 4.15. The van der Waals surface area contributed by atoms with Gasteiger partial charge in [0.25, 0.3) is 0 Å². The molecule has 0 aromatic heterocycles. The molecule has 8 heteroatoms. The Morgan fingerprint density at radius 2 is 1.93 bits per heavy atom. The average molecular weight is 421 g/mol. The highest BCUT2D eigenvalue weighted by Crippen LogP contribution is 2.29. The van der Waals surface area contributed by atoms with E-state index in [1.165, 1.54) is 4.31 Å². The highest BCUT2D eigenvalue weighted by molar-refractivity contribution is 7.92. The fraction of sp³-hybridized carbons (Fsp3) is 0.350. The molecule has 0 atom stereocenters. The summed E-state index contributed by atoms with van der Waals surface area (Å²) in [6.07, 6.45) is 1.56. The molecule has 0 bridgehead atoms. The quantitative estimate of drug-likeness (QED) is 0.533. The van der Waals surface area contributed by atoms with Crippen molar-refractivity contribution in [2.75, 3.05) is 36.7 Å². The average Bonchev–Trinajstić information content (AvgIpc) is 3.12. The van der Waals surface area contributed by atoms with Gasteiger partial charge in [0.2, 0.25) is 10.0 Å². The first kappa shape index (κ1) is 20.5. The second kappa shape index (κ2) is 9.30. The second-order valence-electron chi connectivity index (χ2n) is 6.57. The Morgan fingerprint density at radius 1 is 1.14 bits per heavy atom. The van der Waals surface area contributed by atoms with E-state index in [1.54, 1.807) is 7.05 Å². The molecule has 2 aromatic carbocycles. The van der Waals surface area contributed by atoms with Crippen LogP contribution in [0.1, 0.15) is 11.1 Å². The highest BCUT2D eigenvalue weighted by atomic mass is 35.5. The number of halogens is 1. The van der Waals surface area contributed by atoms with Crippen molar-refractivity contribution in [2.45, 2.75) is 12.8 Å². The molecule has 0 radical (unpaired) electrons. The van der Waals surface area contributed by atoms with Gasteiger partial charge in [-0.05, 0) is 42.2 Å². The number of para-hydroxylation sites is 1. The maximum absolute atomic E-state index is 12.7. The van der Waals surface area contributed by atoms with Crippen molar-refractivity contribution >= 4 is 33.3 Å². The fourth-order valence-corrected chi connectivity index (χ4v) is 4.88. The Bertz CT molecular complexity index is 947. The Hall–Kier alpha value is -2.25. The van der Waals surface area contributed by atoms with Crippen LogP contribution in [-0.2, 0) is 22.9 Å². The number of nitrogens with zero attached hydrogens (tertiary/aromatic N) is 2. The van der Waals surface area contributed by atoms with E-state index in [0.29, 0.717) is 24.1 Å². The minimum absolute atomic E-state index is 0.0102. The van der Waals surface area contributed by atoms with E-state index in [-0.39, 0.29) is 12.3 Å². The summed E-state index contributed by atoms with van der Waals surface area (Å²) in [7, 11) is -1.71. The molecule has 0 spiro atoms. The predicted octanol–water partition coefficient (Wildman–Crippen LogP) is 2.44. The summed E-state index contributed by atoms with van der Waals surface area (Å²) in [5.74, 6) is 0.593. The van der Waals surface area contributed by atoms with Gasteiger partial charge in [-0.25, -0.2) is 8.42 Å². The van der Waals surface area contributed by atoms with Crippen LogP contribution in [0.15, 0.2) is 53.5 Å². The van der Waals surface area contributed by atoms with Gasteiger partial charge >= 0.3 is 0 Å². The van der Waals surface area contributed by atoms with Crippen molar-refractivity contribution in [1.29, 1.82) is 0 Å². The lowest BCUT2D eigenvalue weighted by molar-refractivity contribution is 0.591. The van der Waals surface area contributed by atoms with E-state index >= 15 is 0 Å². The molecule has 2 N–H and O–H groups in total. The minimum Gasteiger partial charge on any atom is -0.356 e. The Balaban J connectivity index is 1.46. The number of sulfonamides is 1. The third-order valence-electron chi connectivity index (χ3n) is 4.65. The molecular formula is C20H25ClN4O2S. The van der Waals surface area contributed by atoms with Crippen LogP contribution in [0.5, 0.6) is 0 Å². The zero-order valence-electron chi connectivity index (χ0n) is 15.9. The molecule has 1 aliphatic rings. The van der Waals surface area contributed by atoms with Crippen LogP contribution in [0, 0.1) is 0 Å². The summed E-state index contributed by atoms with van der Waals surface area (Å²) in [5.41, 5.74) is 3.01. The van der Waals surface area contributed by atoms with E-state index in [4.69, 9.17) is 11.6 Å². The van der Waals surface area contributed by atoms with E-state index in [2.05, 4.69) is 15.6 Å². The van der Waals surface area contributed by atoms with E-state index in [0.717, 1.165) is 29.7 Å². The number of fused-ring (bicyclic) bond motifs is 1.